The molecule has 0 bridgehead atoms. The first kappa shape index (κ1) is 118. The smallest absolute Gasteiger partial charge is 0.326 e. The van der Waals surface area contributed by atoms with Gasteiger partial charge in [0.05, 0.1) is 52.0 Å². The van der Waals surface area contributed by atoms with Gasteiger partial charge in [0.1, 0.15) is 42.2 Å². The SMILES string of the molecule is CC1(C)C(/C=C/C2=C(Oc3ccc(S(=O)(=O)O)cc3)C(=C/C=C3/N(CCCCS(=O)(=O)O)c4ccc(S(=O)(=O)O)cc4C3(C)C)/CCC2)=[N+](CCCCCC(=O)NCCCC[C@H](NC(=O)CN2CCN(CC(=O)O)CCN(CC(=O)O)CCN(CC(=O)O)CC2)C(=O)NCC2CCC(C(=O)N[C@@H](Cc3ccc4ccccc4c3)C(=O)NCCCC[C@H](NC(=O)N[C@@H](CCC(=O)O)C(=O)O)C(=O)O)CC2)c2ccc(S(=O)(=O)O)cc21. The summed E-state index contributed by atoms with van der Waals surface area (Å²) in [6.07, 6.45) is 12.4. The summed E-state index contributed by atoms with van der Waals surface area (Å²) >= 11 is 0. The van der Waals surface area contributed by atoms with Gasteiger partial charge in [0, 0.05) is 145 Å². The number of carbonyl (C=O) groups is 12. The van der Waals surface area contributed by atoms with Crippen LogP contribution in [0.5, 0.6) is 5.75 Å². The molecule has 7 amide bonds. The topological polar surface area (TPSA) is 656 Å². The Hall–Kier alpha value is -12.5. The van der Waals surface area contributed by atoms with Crippen molar-refractivity contribution in [3.8, 4) is 5.75 Å². The summed E-state index contributed by atoms with van der Waals surface area (Å²) < 4.78 is 147. The lowest BCUT2D eigenvalue weighted by Crippen LogP contribution is -2.52. The van der Waals surface area contributed by atoms with E-state index in [1.807, 2.05) is 104 Å². The maximum Gasteiger partial charge on any atom is 0.326 e. The van der Waals surface area contributed by atoms with Crippen LogP contribution in [-0.2, 0) is 110 Å². The van der Waals surface area contributed by atoms with E-state index >= 15 is 0 Å². The molecule has 1 saturated heterocycles. The molecule has 1 saturated carbocycles. The van der Waals surface area contributed by atoms with Gasteiger partial charge in [-0.2, -0.15) is 38.2 Å². The number of benzene rings is 5. The summed E-state index contributed by atoms with van der Waals surface area (Å²) in [7, 11) is -18.3. The third-order valence-corrected chi connectivity index (χ3v) is 30.7. The molecule has 0 aromatic heterocycles. The zero-order valence-corrected chi connectivity index (χ0v) is 87.0. The molecule has 4 atom stereocenters. The minimum atomic E-state index is -4.70. The van der Waals surface area contributed by atoms with Crippen LogP contribution < -0.4 is 46.9 Å². The highest BCUT2D eigenvalue weighted by molar-refractivity contribution is 7.86. The average molecular weight is 2160 g/mol. The Kier molecular flexibility index (Phi) is 43.1. The average Bonchev–Trinajstić information content (AvgIpc) is 1.59. The van der Waals surface area contributed by atoms with Crippen LogP contribution in [0.4, 0.5) is 16.2 Å². The van der Waals surface area contributed by atoms with Gasteiger partial charge in [-0.25, -0.2) is 14.4 Å². The van der Waals surface area contributed by atoms with Crippen LogP contribution in [0.25, 0.3) is 10.8 Å². The van der Waals surface area contributed by atoms with E-state index in [9.17, 15) is 135 Å². The Labute approximate surface area is 865 Å². The number of urea groups is 1. The number of aliphatic carboxylic acids is 6. The molecule has 48 heteroatoms. The first-order valence-corrected chi connectivity index (χ1v) is 55.6. The molecule has 5 aromatic rings. The van der Waals surface area contributed by atoms with Crippen molar-refractivity contribution in [3.05, 3.63) is 167 Å². The van der Waals surface area contributed by atoms with Gasteiger partial charge >= 0.3 is 41.8 Å². The fraction of sp³-hybridized carbons (Fsp3) is 0.515. The molecule has 0 unspecified atom stereocenters. The van der Waals surface area contributed by atoms with Gasteiger partial charge in [-0.05, 0) is 235 Å². The van der Waals surface area contributed by atoms with Crippen LogP contribution in [-0.4, -0.2) is 325 Å². The molecule has 5 aromatic carbocycles. The summed E-state index contributed by atoms with van der Waals surface area (Å²) in [4.78, 5) is 162. The van der Waals surface area contributed by atoms with Crippen molar-refractivity contribution in [3.63, 3.8) is 0 Å². The Morgan fingerprint density at radius 1 is 0.477 bits per heavy atom. The second-order valence-corrected chi connectivity index (χ2v) is 45.0. The van der Waals surface area contributed by atoms with E-state index in [0.29, 0.717) is 134 Å². The van der Waals surface area contributed by atoms with E-state index in [1.165, 1.54) is 48.5 Å². The van der Waals surface area contributed by atoms with Crippen LogP contribution in [0.2, 0.25) is 0 Å². The standard InChI is InChI=1S/C101H135N13O31S4/c1-100(2)77-59-75(148(139,140)141)36-39-83(77)113(85(100)41-30-69-19-16-20-70(93(69)145-73-32-34-74(35-33-73)147(136,137)138)31-42-86-101(3,4)78-60-76(149(142,143)144)37-40-84(78)114(86)47-14-15-56-146(133,134)135)46-13-5-6-23-87(115)102-44-11-9-21-79(105-88(116)62-109-48-50-110(63-90(119)120)52-54-112(65-92(123)124)55-53-111(51-49-109)64-91(121)122)95(126)104-61-66-24-28-71(29-25-66)94(125)106-82(58-67-26-27-68-17-7-8-18-72(68)57-67)96(127)103-45-12-10-22-80(97(128)129)107-99(132)108-81(98(130)131)38-43-89(117)118/h7-8,17-18,26-27,30-37,39-42,57,59-60,66,71,79-82H,5-6,9-16,19-25,28-29,38,43-56,58,61-65H2,1-4H3,(H16-,102,103,104,105,106,107,108,115,116,117,118,119,120,121,122,123,124,125,126,127,128,129,130,131,132,133,134,135,136,137,138,139,140,141,142,143,144)/p+1/t66?,71?,79-,80-,81-,82-/m0/s1. The van der Waals surface area contributed by atoms with Crippen LogP contribution in [0, 0.1) is 11.8 Å². The number of nitrogens with zero attached hydrogens (tertiary/aromatic N) is 6. The molecule has 17 N–H and O–H groups in total. The molecule has 3 aliphatic heterocycles. The van der Waals surface area contributed by atoms with Crippen molar-refractivity contribution in [2.75, 3.05) is 122 Å². The summed E-state index contributed by atoms with van der Waals surface area (Å²) in [5.41, 5.74) is 3.83. The Balaban J connectivity index is 0.808. The van der Waals surface area contributed by atoms with Gasteiger partial charge in [-0.15, -0.1) is 0 Å². The molecule has 5 aliphatic rings. The first-order valence-electron chi connectivity index (χ1n) is 49.7. The fourth-order valence-electron chi connectivity index (χ4n) is 19.2. The van der Waals surface area contributed by atoms with Gasteiger partial charge in [0.15, 0.2) is 5.71 Å². The zero-order chi connectivity index (χ0) is 109. The number of allylic oxidation sites excluding steroid dienone is 7. The van der Waals surface area contributed by atoms with Crippen molar-refractivity contribution >= 4 is 140 Å². The second kappa shape index (κ2) is 54.3. The number of ether oxygens (including phenoxy) is 1. The normalized spacial score (nSPS) is 18.6. The fourth-order valence-corrected chi connectivity index (χ4v) is 21.3. The number of rotatable bonds is 53. The maximum atomic E-state index is 14.6. The molecular weight excluding hydrogens is 2020 g/mol. The number of amides is 7. The minimum absolute atomic E-state index is 0.0268. The molecule has 814 valence electrons. The number of nitrogens with one attached hydrogen (secondary N) is 7. The molecule has 10 rings (SSSR count). The highest BCUT2D eigenvalue weighted by Gasteiger charge is 2.46. The Morgan fingerprint density at radius 2 is 1.02 bits per heavy atom. The molecule has 2 fully saturated rings. The van der Waals surface area contributed by atoms with E-state index in [-0.39, 0.29) is 170 Å². The van der Waals surface area contributed by atoms with Crippen LogP contribution in [0.15, 0.2) is 165 Å². The van der Waals surface area contributed by atoms with Gasteiger partial charge in [-0.3, -0.25) is 81.0 Å². The number of hydrogen-bond donors (Lipinski definition) is 17. The number of unbranched alkanes of at least 4 members (excludes halogenated alkanes) is 5. The highest BCUT2D eigenvalue weighted by atomic mass is 32.2. The third-order valence-electron chi connectivity index (χ3n) is 27.4. The first-order chi connectivity index (χ1) is 70.3. The molecule has 0 spiro atoms. The maximum absolute atomic E-state index is 14.6. The minimum Gasteiger partial charge on any atom is -0.481 e. The van der Waals surface area contributed by atoms with Gasteiger partial charge in [0.2, 0.25) is 35.2 Å². The van der Waals surface area contributed by atoms with E-state index in [4.69, 9.17) is 9.84 Å². The Morgan fingerprint density at radius 3 is 1.59 bits per heavy atom. The van der Waals surface area contributed by atoms with Crippen molar-refractivity contribution in [1.29, 1.82) is 0 Å². The third kappa shape index (κ3) is 36.4. The quantitative estimate of drug-likeness (QED) is 0.0105. The van der Waals surface area contributed by atoms with Crippen molar-refractivity contribution < 1.29 is 149 Å². The molecule has 3 heterocycles. The van der Waals surface area contributed by atoms with Crippen molar-refractivity contribution in [2.45, 2.75) is 219 Å². The van der Waals surface area contributed by atoms with Crippen LogP contribution in [0.1, 0.15) is 179 Å². The lowest BCUT2D eigenvalue weighted by Gasteiger charge is -2.33. The number of anilines is 1. The monoisotopic (exact) mass is 2150 g/mol. The molecular formula is C101H136N13O31S4+. The highest BCUT2D eigenvalue weighted by Crippen LogP contribution is 2.50. The molecule has 44 nitrogen and oxygen atoms in total. The summed E-state index contributed by atoms with van der Waals surface area (Å²) in [5.74, 6) is -10.7. The second-order valence-electron chi connectivity index (χ2n) is 39.2. The molecule has 0 radical (unpaired) electrons. The van der Waals surface area contributed by atoms with Gasteiger partial charge in [0.25, 0.3) is 40.5 Å². The summed E-state index contributed by atoms with van der Waals surface area (Å²) in [5, 5.41) is 78.7. The predicted molar refractivity (Wildman–Crippen MR) is 547 cm³/mol. The summed E-state index contributed by atoms with van der Waals surface area (Å²) in [6.45, 7) is 7.81. The van der Waals surface area contributed by atoms with Crippen molar-refractivity contribution in [2.24, 2.45) is 11.8 Å². The van der Waals surface area contributed by atoms with E-state index < -0.39 is 183 Å². The zero-order valence-electron chi connectivity index (χ0n) is 83.7. The van der Waals surface area contributed by atoms with E-state index in [1.54, 1.807) is 31.7 Å². The van der Waals surface area contributed by atoms with Gasteiger partial charge < -0.3 is 77.5 Å². The van der Waals surface area contributed by atoms with Crippen LogP contribution in [0.3, 0.4) is 0 Å². The number of carboxylic acids is 6. The number of carboxylic acid groups (broad SMARTS) is 6. The lowest BCUT2D eigenvalue weighted by molar-refractivity contribution is -0.438. The van der Waals surface area contributed by atoms with Crippen LogP contribution >= 0.6 is 0 Å². The largest absolute Gasteiger partial charge is 0.481 e. The van der Waals surface area contributed by atoms with E-state index in [2.05, 4.69) is 37.2 Å². The number of fused-ring (bicyclic) bond motifs is 3. The predicted octanol–water partition coefficient (Wildman–Crippen LogP) is 7.12. The summed E-state index contributed by atoms with van der Waals surface area (Å²) in [6, 6.07) is 20.4. The van der Waals surface area contributed by atoms with Gasteiger partial charge in [-0.1, -0.05) is 62.4 Å². The number of hydrogen-bond acceptors (Lipinski definition) is 26. The van der Waals surface area contributed by atoms with E-state index in [0.717, 1.165) is 16.3 Å². The lowest BCUT2D eigenvalue weighted by atomic mass is 9.81. The van der Waals surface area contributed by atoms with Crippen molar-refractivity contribution in [1.82, 2.24) is 56.8 Å². The molecule has 2 aliphatic carbocycles. The molecule has 149 heavy (non-hydrogen) atoms. The Bertz CT molecular complexity index is 6330. The number of carbonyl (C=O) groups excluding carboxylic acids is 6.